The Morgan fingerprint density at radius 2 is 1.29 bits per heavy atom. The Balaban J connectivity index is 0.000000180. The van der Waals surface area contributed by atoms with Gasteiger partial charge >= 0.3 is 0 Å². The van der Waals surface area contributed by atoms with Gasteiger partial charge in [0.05, 0.1) is 17.0 Å². The Bertz CT molecular complexity index is 1330. The molecule has 0 amide bonds. The maximum absolute atomic E-state index is 10.7. The smallest absolute Gasteiger partial charge is 0.167 e. The number of ketones is 1. The van der Waals surface area contributed by atoms with E-state index < -0.39 is 0 Å². The second-order valence-corrected chi connectivity index (χ2v) is 7.09. The van der Waals surface area contributed by atoms with Crippen LogP contribution < -0.4 is 0 Å². The number of aromatic nitrogens is 1. The quantitative estimate of drug-likeness (QED) is 0.0816. The van der Waals surface area contributed by atoms with Crippen LogP contribution in [0.5, 0.6) is 28.7 Å². The Kier molecular flexibility index (Phi) is 8.43. The number of aromatic hydroxyl groups is 5. The number of phenols is 5. The Labute approximate surface area is 194 Å². The average Bonchev–Trinajstić information content (AvgIpc) is 3.17. The average molecular weight is 468 g/mol. The summed E-state index contributed by atoms with van der Waals surface area (Å²) in [5.41, 5.74) is 2.22. The van der Waals surface area contributed by atoms with Gasteiger partial charge < -0.3 is 35.3 Å². The molecule has 0 radical (unpaired) electrons. The maximum atomic E-state index is 10.7. The number of nitrogens with zero attached hydrogens (tertiary/aromatic N) is 2. The van der Waals surface area contributed by atoms with E-state index in [1.807, 2.05) is 6.92 Å². The van der Waals surface area contributed by atoms with Crippen LogP contribution in [0.1, 0.15) is 35.5 Å². The van der Waals surface area contributed by atoms with E-state index in [1.165, 1.54) is 50.2 Å². The number of carbonyl (C=O) groups excluding carboxylic acids is 1. The number of aryl methyl sites for hydroxylation is 1. The highest BCUT2D eigenvalue weighted by atomic mass is 16.5. The highest BCUT2D eigenvalue weighted by Gasteiger charge is 2.06. The van der Waals surface area contributed by atoms with Crippen molar-refractivity contribution in [3.05, 3.63) is 71.4 Å². The number of fused-ring (bicyclic) bond motifs is 1. The van der Waals surface area contributed by atoms with Crippen molar-refractivity contribution in [2.24, 2.45) is 5.16 Å². The number of phenolic OH excluding ortho intramolecular Hbond substituents is 5. The minimum atomic E-state index is -0.265. The number of Topliss-reactive ketones (excluding diaryl/α,β-unsaturated/α-hetero) is 1. The van der Waals surface area contributed by atoms with Crippen LogP contribution in [0.3, 0.4) is 0 Å². The summed E-state index contributed by atoms with van der Waals surface area (Å²) in [6.45, 7) is 4.69. The molecule has 0 spiro atoms. The Hall–Kier alpha value is -4.73. The molecule has 0 aliphatic heterocycles. The molecule has 0 saturated carbocycles. The fourth-order valence-electron chi connectivity index (χ4n) is 2.72. The monoisotopic (exact) mass is 468 g/mol. The zero-order valence-electron chi connectivity index (χ0n) is 18.6. The third-order valence-corrected chi connectivity index (χ3v) is 4.51. The van der Waals surface area contributed by atoms with E-state index in [-0.39, 0.29) is 45.8 Å². The molecule has 34 heavy (non-hydrogen) atoms. The first-order valence-electron chi connectivity index (χ1n) is 9.82. The third kappa shape index (κ3) is 6.63. The standard InChI is InChI=1S/C8H9NO3.C8H7NO2.C8H8O3/c1-5(9-12)7-4-6(10)2-3-8(7)11;1-5-7-4-6(10)2-3-8(7)11-9-5;1-5(9)7-4-6(10)2-3-8(7)11/h2-4,10-12H,1H3;2-4,10H,1H3;2-4,10-11H,1H3/b9-5-;;. The molecule has 4 rings (SSSR count). The topological polar surface area (TPSA) is 177 Å². The lowest BCUT2D eigenvalue weighted by molar-refractivity contribution is 0.101. The van der Waals surface area contributed by atoms with Gasteiger partial charge in [-0.25, -0.2) is 0 Å². The highest BCUT2D eigenvalue weighted by molar-refractivity contribution is 6.01. The second kappa shape index (κ2) is 11.2. The molecule has 1 aromatic heterocycles. The molecular weight excluding hydrogens is 444 g/mol. The summed E-state index contributed by atoms with van der Waals surface area (Å²) in [5, 5.41) is 61.3. The molecular formula is C24H24N2O8. The summed E-state index contributed by atoms with van der Waals surface area (Å²) >= 11 is 0. The summed E-state index contributed by atoms with van der Waals surface area (Å²) in [6, 6.07) is 12.8. The maximum Gasteiger partial charge on any atom is 0.167 e. The van der Waals surface area contributed by atoms with Crippen molar-refractivity contribution in [1.82, 2.24) is 5.16 Å². The molecule has 10 heteroatoms. The van der Waals surface area contributed by atoms with Crippen LogP contribution in [0.25, 0.3) is 11.0 Å². The van der Waals surface area contributed by atoms with Gasteiger partial charge in [0.25, 0.3) is 0 Å². The van der Waals surface area contributed by atoms with Gasteiger partial charge in [0, 0.05) is 10.9 Å². The van der Waals surface area contributed by atoms with Gasteiger partial charge in [0.1, 0.15) is 28.7 Å². The van der Waals surface area contributed by atoms with Crippen LogP contribution in [0, 0.1) is 6.92 Å². The van der Waals surface area contributed by atoms with Gasteiger partial charge in [-0.05, 0) is 75.4 Å². The molecule has 0 atom stereocenters. The van der Waals surface area contributed by atoms with Gasteiger partial charge in [0.15, 0.2) is 11.4 Å². The number of oxime groups is 1. The largest absolute Gasteiger partial charge is 0.508 e. The Morgan fingerprint density at radius 3 is 1.82 bits per heavy atom. The van der Waals surface area contributed by atoms with E-state index in [9.17, 15) is 9.90 Å². The van der Waals surface area contributed by atoms with Crippen LogP contribution in [0.15, 0.2) is 64.3 Å². The zero-order chi connectivity index (χ0) is 25.4. The SMILES string of the molecule is C/C(=N/O)c1cc(O)ccc1O.CC(=O)c1cc(O)ccc1O.Cc1noc2ccc(O)cc12. The predicted octanol–water partition coefficient (Wildman–Crippen LogP) is 4.44. The lowest BCUT2D eigenvalue weighted by Gasteiger charge is -2.02. The van der Waals surface area contributed by atoms with Crippen molar-refractivity contribution in [3.8, 4) is 28.7 Å². The van der Waals surface area contributed by atoms with Crippen LogP contribution in [0.4, 0.5) is 0 Å². The molecule has 0 saturated heterocycles. The molecule has 1 heterocycles. The first-order valence-corrected chi connectivity index (χ1v) is 9.82. The molecule has 0 aliphatic rings. The summed E-state index contributed by atoms with van der Waals surface area (Å²) < 4.78 is 4.94. The highest BCUT2D eigenvalue weighted by Crippen LogP contribution is 2.23. The van der Waals surface area contributed by atoms with E-state index in [2.05, 4.69) is 10.3 Å². The van der Waals surface area contributed by atoms with Crippen LogP contribution in [-0.2, 0) is 0 Å². The van der Waals surface area contributed by atoms with Crippen LogP contribution in [-0.4, -0.2) is 47.4 Å². The second-order valence-electron chi connectivity index (χ2n) is 7.09. The number of carbonyl (C=O) groups is 1. The normalized spacial score (nSPS) is 10.6. The molecule has 178 valence electrons. The van der Waals surface area contributed by atoms with Crippen molar-refractivity contribution in [3.63, 3.8) is 0 Å². The van der Waals surface area contributed by atoms with Crippen molar-refractivity contribution in [2.75, 3.05) is 0 Å². The van der Waals surface area contributed by atoms with Gasteiger partial charge in [-0.1, -0.05) is 10.3 Å². The van der Waals surface area contributed by atoms with Crippen molar-refractivity contribution in [2.45, 2.75) is 20.8 Å². The van der Waals surface area contributed by atoms with Gasteiger partial charge in [-0.15, -0.1) is 0 Å². The minimum absolute atomic E-state index is 0.0193. The number of hydrogen-bond acceptors (Lipinski definition) is 10. The molecule has 0 fully saturated rings. The van der Waals surface area contributed by atoms with E-state index in [0.29, 0.717) is 11.1 Å². The van der Waals surface area contributed by atoms with Crippen molar-refractivity contribution < 1.29 is 40.1 Å². The van der Waals surface area contributed by atoms with Crippen LogP contribution >= 0.6 is 0 Å². The van der Waals surface area contributed by atoms with Crippen LogP contribution in [0.2, 0.25) is 0 Å². The number of benzene rings is 3. The number of rotatable bonds is 2. The fraction of sp³-hybridized carbons (Fsp3) is 0.125. The molecule has 0 unspecified atom stereocenters. The van der Waals surface area contributed by atoms with Gasteiger partial charge in [-0.3, -0.25) is 4.79 Å². The third-order valence-electron chi connectivity index (χ3n) is 4.51. The fourth-order valence-corrected chi connectivity index (χ4v) is 2.72. The first kappa shape index (κ1) is 25.5. The van der Waals surface area contributed by atoms with E-state index >= 15 is 0 Å². The zero-order valence-corrected chi connectivity index (χ0v) is 18.6. The predicted molar refractivity (Wildman–Crippen MR) is 124 cm³/mol. The lowest BCUT2D eigenvalue weighted by Crippen LogP contribution is -1.94. The first-order chi connectivity index (χ1) is 16.0. The molecule has 4 aromatic rings. The number of hydrogen-bond donors (Lipinski definition) is 6. The summed E-state index contributed by atoms with van der Waals surface area (Å²) in [5.74, 6) is -0.153. The summed E-state index contributed by atoms with van der Waals surface area (Å²) in [7, 11) is 0. The molecule has 0 aliphatic carbocycles. The minimum Gasteiger partial charge on any atom is -0.508 e. The molecule has 10 nitrogen and oxygen atoms in total. The Morgan fingerprint density at radius 1 is 0.794 bits per heavy atom. The lowest BCUT2D eigenvalue weighted by atomic mass is 10.1. The molecule has 0 bridgehead atoms. The molecule has 3 aromatic carbocycles. The van der Waals surface area contributed by atoms with E-state index in [4.69, 9.17) is 30.2 Å². The summed E-state index contributed by atoms with van der Waals surface area (Å²) in [6.07, 6.45) is 0. The van der Waals surface area contributed by atoms with Crippen molar-refractivity contribution in [1.29, 1.82) is 0 Å². The van der Waals surface area contributed by atoms with E-state index in [1.54, 1.807) is 18.2 Å². The van der Waals surface area contributed by atoms with Crippen molar-refractivity contribution >= 4 is 22.5 Å². The van der Waals surface area contributed by atoms with Gasteiger partial charge in [0.2, 0.25) is 0 Å². The molecule has 6 N–H and O–H groups in total. The summed E-state index contributed by atoms with van der Waals surface area (Å²) in [4.78, 5) is 10.7. The van der Waals surface area contributed by atoms with E-state index in [0.717, 1.165) is 11.1 Å². The van der Waals surface area contributed by atoms with Gasteiger partial charge in [-0.2, -0.15) is 0 Å².